The zero-order chi connectivity index (χ0) is 12.6. The van der Waals surface area contributed by atoms with E-state index in [2.05, 4.69) is 10.5 Å². The van der Waals surface area contributed by atoms with Crippen LogP contribution in [0.15, 0.2) is 17.2 Å². The van der Waals surface area contributed by atoms with Crippen LogP contribution in [0.4, 0.5) is 0 Å². The van der Waals surface area contributed by atoms with Crippen LogP contribution in [0.2, 0.25) is 10.0 Å². The minimum atomic E-state index is -1.08. The van der Waals surface area contributed by atoms with Crippen LogP contribution in [0.25, 0.3) is 0 Å². The second-order valence-electron chi connectivity index (χ2n) is 3.82. The van der Waals surface area contributed by atoms with Crippen molar-refractivity contribution in [2.45, 2.75) is 19.4 Å². The second-order valence-corrected chi connectivity index (χ2v) is 4.63. The molecule has 1 aliphatic heterocycles. The number of benzene rings is 1. The van der Waals surface area contributed by atoms with Crippen molar-refractivity contribution in [2.75, 3.05) is 0 Å². The van der Waals surface area contributed by atoms with E-state index in [9.17, 15) is 9.90 Å². The highest BCUT2D eigenvalue weighted by Crippen LogP contribution is 2.26. The summed E-state index contributed by atoms with van der Waals surface area (Å²) in [6.07, 6.45) is -0.928. The van der Waals surface area contributed by atoms with E-state index in [4.69, 9.17) is 23.2 Å². The summed E-state index contributed by atoms with van der Waals surface area (Å²) in [4.78, 5) is 11.0. The van der Waals surface area contributed by atoms with Gasteiger partial charge in [-0.2, -0.15) is 5.10 Å². The van der Waals surface area contributed by atoms with E-state index in [1.54, 1.807) is 12.1 Å². The van der Waals surface area contributed by atoms with Gasteiger partial charge in [0.05, 0.1) is 5.71 Å². The van der Waals surface area contributed by atoms with Crippen molar-refractivity contribution in [1.29, 1.82) is 0 Å². The molecule has 0 saturated carbocycles. The van der Waals surface area contributed by atoms with Gasteiger partial charge >= 0.3 is 0 Å². The smallest absolute Gasteiger partial charge is 0.269 e. The minimum absolute atomic E-state index is 0.154. The fourth-order valence-corrected chi connectivity index (χ4v) is 2.00. The SMILES string of the molecule is Cc1c(Cl)cc(C2=NNC(=O)C(O)C2)cc1Cl. The Morgan fingerprint density at radius 3 is 2.53 bits per heavy atom. The predicted octanol–water partition coefficient (Wildman–Crippen LogP) is 1.89. The van der Waals surface area contributed by atoms with Crippen LogP contribution in [-0.2, 0) is 4.79 Å². The third-order valence-corrected chi connectivity index (χ3v) is 3.39. The summed E-state index contributed by atoms with van der Waals surface area (Å²) in [7, 11) is 0. The Balaban J connectivity index is 2.39. The molecule has 0 bridgehead atoms. The lowest BCUT2D eigenvalue weighted by atomic mass is 10.0. The van der Waals surface area contributed by atoms with Gasteiger partial charge in [0.25, 0.3) is 5.91 Å². The molecule has 0 radical (unpaired) electrons. The molecule has 1 aromatic rings. The lowest BCUT2D eigenvalue weighted by Gasteiger charge is -2.17. The van der Waals surface area contributed by atoms with Gasteiger partial charge in [-0.25, -0.2) is 5.43 Å². The van der Waals surface area contributed by atoms with E-state index in [0.717, 1.165) is 5.56 Å². The number of aliphatic hydroxyl groups excluding tert-OH is 1. The first-order valence-corrected chi connectivity index (χ1v) is 5.75. The van der Waals surface area contributed by atoms with Crippen molar-refractivity contribution in [3.63, 3.8) is 0 Å². The number of halogens is 2. The fraction of sp³-hybridized carbons (Fsp3) is 0.273. The first-order valence-electron chi connectivity index (χ1n) is 4.99. The quantitative estimate of drug-likeness (QED) is 0.820. The Morgan fingerprint density at radius 1 is 1.41 bits per heavy atom. The molecule has 1 amide bonds. The molecule has 2 N–H and O–H groups in total. The Kier molecular flexibility index (Phi) is 3.38. The monoisotopic (exact) mass is 272 g/mol. The highest BCUT2D eigenvalue weighted by Gasteiger charge is 2.23. The number of nitrogens with one attached hydrogen (secondary N) is 1. The van der Waals surface area contributed by atoms with Gasteiger partial charge in [-0.05, 0) is 24.6 Å². The molecule has 0 aromatic heterocycles. The lowest BCUT2D eigenvalue weighted by Crippen LogP contribution is -2.38. The normalized spacial score (nSPS) is 19.9. The molecule has 1 aromatic carbocycles. The zero-order valence-electron chi connectivity index (χ0n) is 9.00. The number of carbonyl (C=O) groups is 1. The van der Waals surface area contributed by atoms with E-state index >= 15 is 0 Å². The van der Waals surface area contributed by atoms with Crippen LogP contribution in [-0.4, -0.2) is 22.8 Å². The van der Waals surface area contributed by atoms with E-state index in [1.807, 2.05) is 6.92 Å². The Morgan fingerprint density at radius 2 is 2.00 bits per heavy atom. The topological polar surface area (TPSA) is 61.7 Å². The number of carbonyl (C=O) groups excluding carboxylic acids is 1. The van der Waals surface area contributed by atoms with Gasteiger partial charge in [-0.1, -0.05) is 23.2 Å². The van der Waals surface area contributed by atoms with E-state index in [0.29, 0.717) is 21.3 Å². The minimum Gasteiger partial charge on any atom is -0.383 e. The molecule has 0 aliphatic carbocycles. The highest BCUT2D eigenvalue weighted by molar-refractivity contribution is 6.36. The van der Waals surface area contributed by atoms with Crippen molar-refractivity contribution in [3.8, 4) is 0 Å². The van der Waals surface area contributed by atoms with Gasteiger partial charge in [-0.3, -0.25) is 4.79 Å². The summed E-state index contributed by atoms with van der Waals surface area (Å²) in [5, 5.41) is 14.4. The summed E-state index contributed by atoms with van der Waals surface area (Å²) in [5.41, 5.74) is 4.29. The van der Waals surface area contributed by atoms with Crippen LogP contribution in [0.5, 0.6) is 0 Å². The number of hydrogen-bond donors (Lipinski definition) is 2. The maximum Gasteiger partial charge on any atom is 0.269 e. The molecule has 1 aliphatic rings. The van der Waals surface area contributed by atoms with Gasteiger partial charge in [0, 0.05) is 22.0 Å². The molecule has 0 saturated heterocycles. The van der Waals surface area contributed by atoms with Gasteiger partial charge in [0.1, 0.15) is 6.10 Å². The summed E-state index contributed by atoms with van der Waals surface area (Å²) >= 11 is 12.0. The summed E-state index contributed by atoms with van der Waals surface area (Å²) in [6, 6.07) is 3.43. The predicted molar refractivity (Wildman–Crippen MR) is 66.5 cm³/mol. The number of aliphatic hydroxyl groups is 1. The van der Waals surface area contributed by atoms with Crippen molar-refractivity contribution in [2.24, 2.45) is 5.10 Å². The third kappa shape index (κ3) is 2.44. The van der Waals surface area contributed by atoms with Crippen LogP contribution in [0.1, 0.15) is 17.5 Å². The molecule has 1 atom stereocenters. The van der Waals surface area contributed by atoms with Crippen LogP contribution >= 0.6 is 23.2 Å². The first-order chi connectivity index (χ1) is 7.99. The van der Waals surface area contributed by atoms with Crippen molar-refractivity contribution in [1.82, 2.24) is 5.43 Å². The van der Waals surface area contributed by atoms with Gasteiger partial charge in [0.15, 0.2) is 0 Å². The third-order valence-electron chi connectivity index (χ3n) is 2.60. The maximum atomic E-state index is 11.0. The van der Waals surface area contributed by atoms with E-state index in [-0.39, 0.29) is 6.42 Å². The fourth-order valence-electron chi connectivity index (χ4n) is 1.51. The number of nitrogens with zero attached hydrogens (tertiary/aromatic N) is 1. The summed E-state index contributed by atoms with van der Waals surface area (Å²) < 4.78 is 0. The van der Waals surface area contributed by atoms with Crippen molar-refractivity contribution in [3.05, 3.63) is 33.3 Å². The Bertz CT molecular complexity index is 491. The standard InChI is InChI=1S/C11H10Cl2N2O2/c1-5-7(12)2-6(3-8(5)13)9-4-10(16)11(17)15-14-9/h2-3,10,16H,4H2,1H3,(H,15,17). The van der Waals surface area contributed by atoms with E-state index in [1.165, 1.54) is 0 Å². The van der Waals surface area contributed by atoms with Crippen LogP contribution in [0.3, 0.4) is 0 Å². The molecule has 4 nitrogen and oxygen atoms in total. The highest BCUT2D eigenvalue weighted by atomic mass is 35.5. The van der Waals surface area contributed by atoms with Crippen LogP contribution < -0.4 is 5.43 Å². The molecule has 1 unspecified atom stereocenters. The molecule has 17 heavy (non-hydrogen) atoms. The summed E-state index contributed by atoms with van der Waals surface area (Å²) in [6.45, 7) is 1.81. The molecule has 6 heteroatoms. The number of hydrogen-bond acceptors (Lipinski definition) is 3. The zero-order valence-corrected chi connectivity index (χ0v) is 10.5. The number of hydrazone groups is 1. The number of rotatable bonds is 1. The number of amides is 1. The van der Waals surface area contributed by atoms with Gasteiger partial charge in [-0.15, -0.1) is 0 Å². The molecule has 1 heterocycles. The van der Waals surface area contributed by atoms with Gasteiger partial charge < -0.3 is 5.11 Å². The van der Waals surface area contributed by atoms with E-state index < -0.39 is 12.0 Å². The van der Waals surface area contributed by atoms with Crippen molar-refractivity contribution >= 4 is 34.8 Å². The molecule has 90 valence electrons. The second kappa shape index (κ2) is 4.64. The molecule has 0 spiro atoms. The van der Waals surface area contributed by atoms with Crippen LogP contribution in [0, 0.1) is 6.92 Å². The Hall–Kier alpha value is -1.10. The van der Waals surface area contributed by atoms with Crippen molar-refractivity contribution < 1.29 is 9.90 Å². The average molecular weight is 273 g/mol. The maximum absolute atomic E-state index is 11.0. The first kappa shape index (κ1) is 12.4. The Labute approximate surface area is 108 Å². The summed E-state index contributed by atoms with van der Waals surface area (Å²) in [5.74, 6) is -0.502. The average Bonchev–Trinajstić information content (AvgIpc) is 2.29. The lowest BCUT2D eigenvalue weighted by molar-refractivity contribution is -0.129. The largest absolute Gasteiger partial charge is 0.383 e. The molecular weight excluding hydrogens is 263 g/mol. The molecule has 0 fully saturated rings. The molecular formula is C11H10Cl2N2O2. The molecule has 2 rings (SSSR count). The van der Waals surface area contributed by atoms with Gasteiger partial charge in [0.2, 0.25) is 0 Å².